The van der Waals surface area contributed by atoms with Crippen LogP contribution in [0, 0.1) is 5.92 Å². The van der Waals surface area contributed by atoms with Gasteiger partial charge in [-0.15, -0.1) is 0 Å². The summed E-state index contributed by atoms with van der Waals surface area (Å²) in [6.45, 7) is 6.06. The first kappa shape index (κ1) is 15.5. The summed E-state index contributed by atoms with van der Waals surface area (Å²) in [6.07, 6.45) is 7.51. The van der Waals surface area contributed by atoms with E-state index < -0.39 is 5.79 Å². The summed E-state index contributed by atoms with van der Waals surface area (Å²) in [7, 11) is 0. The molecule has 0 aromatic carbocycles. The van der Waals surface area contributed by atoms with E-state index in [-0.39, 0.29) is 12.0 Å². The maximum absolute atomic E-state index is 12.1. The molecule has 1 atom stereocenters. The van der Waals surface area contributed by atoms with Crippen molar-refractivity contribution in [3.05, 3.63) is 18.0 Å². The summed E-state index contributed by atoms with van der Waals surface area (Å²) in [4.78, 5) is 12.1. The van der Waals surface area contributed by atoms with E-state index in [4.69, 9.17) is 9.47 Å². The molecular formula is C16H25N3O3. The number of hydrogen-bond donors (Lipinski definition) is 1. The second kappa shape index (κ2) is 6.38. The lowest BCUT2D eigenvalue weighted by atomic mass is 9.86. The third kappa shape index (κ3) is 3.33. The van der Waals surface area contributed by atoms with Gasteiger partial charge in [-0.05, 0) is 25.7 Å². The number of carbonyl (C=O) groups is 1. The van der Waals surface area contributed by atoms with Gasteiger partial charge in [-0.3, -0.25) is 9.48 Å². The van der Waals surface area contributed by atoms with Gasteiger partial charge in [0.1, 0.15) is 6.10 Å². The van der Waals surface area contributed by atoms with Crippen molar-refractivity contribution in [2.75, 3.05) is 13.2 Å². The summed E-state index contributed by atoms with van der Waals surface area (Å²) in [5, 5.41) is 7.02. The first-order valence-electron chi connectivity index (χ1n) is 8.22. The summed E-state index contributed by atoms with van der Waals surface area (Å²) in [6, 6.07) is 0. The van der Waals surface area contributed by atoms with Gasteiger partial charge < -0.3 is 14.8 Å². The number of rotatable bonds is 4. The molecule has 1 saturated heterocycles. The number of carbonyl (C=O) groups excluding carboxylic acids is 1. The molecule has 2 aliphatic rings. The topological polar surface area (TPSA) is 65.4 Å². The molecule has 0 radical (unpaired) electrons. The average Bonchev–Trinajstić information content (AvgIpc) is 3.16. The van der Waals surface area contributed by atoms with E-state index in [1.807, 2.05) is 6.92 Å². The smallest absolute Gasteiger partial charge is 0.254 e. The van der Waals surface area contributed by atoms with Crippen LogP contribution >= 0.6 is 0 Å². The van der Waals surface area contributed by atoms with Crippen molar-refractivity contribution in [3.63, 3.8) is 0 Å². The van der Waals surface area contributed by atoms with Crippen molar-refractivity contribution in [2.24, 2.45) is 5.92 Å². The molecular weight excluding hydrogens is 282 g/mol. The Morgan fingerprint density at radius 1 is 1.50 bits per heavy atom. The van der Waals surface area contributed by atoms with Crippen LogP contribution in [-0.4, -0.2) is 40.7 Å². The number of aryl methyl sites for hydroxylation is 1. The minimum Gasteiger partial charge on any atom is -0.349 e. The summed E-state index contributed by atoms with van der Waals surface area (Å²) in [5.74, 6) is 0.253. The van der Waals surface area contributed by atoms with Crippen molar-refractivity contribution in [1.29, 1.82) is 0 Å². The largest absolute Gasteiger partial charge is 0.349 e. The molecule has 3 rings (SSSR count). The van der Waals surface area contributed by atoms with Crippen LogP contribution < -0.4 is 5.32 Å². The predicted molar refractivity (Wildman–Crippen MR) is 81.4 cm³/mol. The van der Waals surface area contributed by atoms with Gasteiger partial charge in [0.05, 0.1) is 18.4 Å². The Balaban J connectivity index is 1.47. The Hall–Kier alpha value is -1.40. The lowest BCUT2D eigenvalue weighted by Gasteiger charge is -2.34. The normalized spacial score (nSPS) is 31.5. The Labute approximate surface area is 131 Å². The van der Waals surface area contributed by atoms with Crippen LogP contribution in [0.3, 0.4) is 0 Å². The van der Waals surface area contributed by atoms with Crippen molar-refractivity contribution in [3.8, 4) is 0 Å². The standard InChI is InChI=1S/C16H25N3O3/c1-3-19-10-13(8-18-19)15(20)17-9-14-11-21-16(22-14)6-4-12(2)5-7-16/h8,10,12,14H,3-7,9,11H2,1-2H3,(H,17,20)/t12?,14-,16?/m0/s1. The number of nitrogens with one attached hydrogen (secondary N) is 1. The number of hydrogen-bond acceptors (Lipinski definition) is 4. The van der Waals surface area contributed by atoms with Gasteiger partial charge in [0.15, 0.2) is 5.79 Å². The van der Waals surface area contributed by atoms with Crippen LogP contribution in [0.25, 0.3) is 0 Å². The fraction of sp³-hybridized carbons (Fsp3) is 0.750. The molecule has 2 fully saturated rings. The van der Waals surface area contributed by atoms with E-state index in [0.29, 0.717) is 18.7 Å². The lowest BCUT2D eigenvalue weighted by Crippen LogP contribution is -2.38. The van der Waals surface area contributed by atoms with Gasteiger partial charge in [-0.1, -0.05) is 6.92 Å². The van der Waals surface area contributed by atoms with Gasteiger partial charge in [-0.2, -0.15) is 5.10 Å². The highest BCUT2D eigenvalue weighted by Gasteiger charge is 2.43. The molecule has 122 valence electrons. The van der Waals surface area contributed by atoms with Gasteiger partial charge in [0.2, 0.25) is 0 Å². The monoisotopic (exact) mass is 307 g/mol. The second-order valence-electron chi connectivity index (χ2n) is 6.44. The van der Waals surface area contributed by atoms with Crippen molar-refractivity contribution in [2.45, 2.75) is 58.0 Å². The van der Waals surface area contributed by atoms with E-state index >= 15 is 0 Å². The molecule has 1 aliphatic heterocycles. The van der Waals surface area contributed by atoms with Gasteiger partial charge in [-0.25, -0.2) is 0 Å². The van der Waals surface area contributed by atoms with E-state index in [9.17, 15) is 4.79 Å². The zero-order valence-corrected chi connectivity index (χ0v) is 13.4. The van der Waals surface area contributed by atoms with Crippen LogP contribution in [0.4, 0.5) is 0 Å². The zero-order chi connectivity index (χ0) is 15.6. The maximum Gasteiger partial charge on any atom is 0.254 e. The molecule has 1 aromatic heterocycles. The minimum atomic E-state index is -0.394. The van der Waals surface area contributed by atoms with E-state index in [1.165, 1.54) is 0 Å². The molecule has 1 amide bonds. The third-order valence-electron chi connectivity index (χ3n) is 4.66. The first-order chi connectivity index (χ1) is 10.6. The van der Waals surface area contributed by atoms with Crippen LogP contribution in [0.1, 0.15) is 49.9 Å². The number of ether oxygens (including phenoxy) is 2. The summed E-state index contributed by atoms with van der Waals surface area (Å²) in [5.41, 5.74) is 0.585. The van der Waals surface area contributed by atoms with E-state index in [0.717, 1.165) is 38.1 Å². The Morgan fingerprint density at radius 3 is 2.95 bits per heavy atom. The van der Waals surface area contributed by atoms with Gasteiger partial charge >= 0.3 is 0 Å². The first-order valence-corrected chi connectivity index (χ1v) is 8.22. The van der Waals surface area contributed by atoms with Crippen molar-refractivity contribution >= 4 is 5.91 Å². The van der Waals surface area contributed by atoms with Crippen LogP contribution in [0.5, 0.6) is 0 Å². The molecule has 1 spiro atoms. The highest BCUT2D eigenvalue weighted by Crippen LogP contribution is 2.39. The Kier molecular flexibility index (Phi) is 4.49. The SMILES string of the molecule is CCn1cc(C(=O)NC[C@H]2COC3(CCC(C)CC3)O2)cn1. The summed E-state index contributed by atoms with van der Waals surface area (Å²) < 4.78 is 13.7. The average molecular weight is 307 g/mol. The van der Waals surface area contributed by atoms with Crippen molar-refractivity contribution < 1.29 is 14.3 Å². The Bertz CT molecular complexity index is 520. The highest BCUT2D eigenvalue weighted by molar-refractivity contribution is 5.93. The van der Waals surface area contributed by atoms with E-state index in [2.05, 4.69) is 17.3 Å². The maximum atomic E-state index is 12.1. The molecule has 6 heteroatoms. The lowest BCUT2D eigenvalue weighted by molar-refractivity contribution is -0.191. The highest BCUT2D eigenvalue weighted by atomic mass is 16.7. The van der Waals surface area contributed by atoms with Crippen LogP contribution in [-0.2, 0) is 16.0 Å². The number of amides is 1. The molecule has 1 N–H and O–H groups in total. The molecule has 1 aliphatic carbocycles. The fourth-order valence-electron chi connectivity index (χ4n) is 3.14. The molecule has 6 nitrogen and oxygen atoms in total. The molecule has 22 heavy (non-hydrogen) atoms. The molecule has 1 saturated carbocycles. The number of aromatic nitrogens is 2. The summed E-state index contributed by atoms with van der Waals surface area (Å²) >= 11 is 0. The molecule has 2 heterocycles. The van der Waals surface area contributed by atoms with Crippen molar-refractivity contribution in [1.82, 2.24) is 15.1 Å². The number of nitrogens with zero attached hydrogens (tertiary/aromatic N) is 2. The zero-order valence-electron chi connectivity index (χ0n) is 13.4. The second-order valence-corrected chi connectivity index (χ2v) is 6.44. The van der Waals surface area contributed by atoms with E-state index in [1.54, 1.807) is 17.1 Å². The van der Waals surface area contributed by atoms with Crippen LogP contribution in [0.15, 0.2) is 12.4 Å². The van der Waals surface area contributed by atoms with Crippen LogP contribution in [0.2, 0.25) is 0 Å². The van der Waals surface area contributed by atoms with Gasteiger partial charge in [0, 0.05) is 32.1 Å². The molecule has 0 unspecified atom stereocenters. The Morgan fingerprint density at radius 2 is 2.27 bits per heavy atom. The quantitative estimate of drug-likeness (QED) is 0.923. The van der Waals surface area contributed by atoms with Gasteiger partial charge in [0.25, 0.3) is 5.91 Å². The molecule has 1 aromatic rings. The fourth-order valence-corrected chi connectivity index (χ4v) is 3.14. The minimum absolute atomic E-state index is 0.0569. The third-order valence-corrected chi connectivity index (χ3v) is 4.66. The molecule has 0 bridgehead atoms. The predicted octanol–water partition coefficient (Wildman–Crippen LogP) is 1.95.